The number of hydrogen-bond acceptors (Lipinski definition) is 5. The molecule has 0 radical (unpaired) electrons. The Bertz CT molecular complexity index is 611. The van der Waals surface area contributed by atoms with Gasteiger partial charge >= 0.3 is 0 Å². The monoisotopic (exact) mass is 299 g/mol. The Morgan fingerprint density at radius 3 is 3.05 bits per heavy atom. The molecule has 0 aromatic carbocycles. The van der Waals surface area contributed by atoms with Gasteiger partial charge in [0.1, 0.15) is 17.6 Å². The maximum Gasteiger partial charge on any atom is 0.220 e. The molecule has 0 bridgehead atoms. The van der Waals surface area contributed by atoms with E-state index >= 15 is 0 Å². The van der Waals surface area contributed by atoms with Gasteiger partial charge in [-0.3, -0.25) is 9.69 Å². The summed E-state index contributed by atoms with van der Waals surface area (Å²) in [6, 6.07) is 7.66. The van der Waals surface area contributed by atoms with Crippen LogP contribution in [0.15, 0.2) is 18.2 Å². The second-order valence-electron chi connectivity index (χ2n) is 6.16. The van der Waals surface area contributed by atoms with Crippen LogP contribution in [0.25, 0.3) is 0 Å². The number of carbonyl (C=O) groups excluding carboxylic acids is 1. The summed E-state index contributed by atoms with van der Waals surface area (Å²) in [6.07, 6.45) is 2.39. The van der Waals surface area contributed by atoms with E-state index in [1.165, 1.54) is 0 Å². The van der Waals surface area contributed by atoms with Crippen molar-refractivity contribution < 1.29 is 4.79 Å². The molecular formula is C16H21N5O. The lowest BCUT2D eigenvalue weighted by Gasteiger charge is -2.49. The van der Waals surface area contributed by atoms with Crippen molar-refractivity contribution in [3.8, 4) is 6.07 Å². The van der Waals surface area contributed by atoms with Crippen LogP contribution in [-0.4, -0.2) is 54.6 Å². The Morgan fingerprint density at radius 2 is 2.23 bits per heavy atom. The third kappa shape index (κ3) is 2.77. The molecule has 0 unspecified atom stereocenters. The summed E-state index contributed by atoms with van der Waals surface area (Å²) in [5, 5.41) is 12.0. The minimum Gasteiger partial charge on any atom is -0.356 e. The first kappa shape index (κ1) is 14.8. The van der Waals surface area contributed by atoms with Crippen molar-refractivity contribution in [3.05, 3.63) is 23.9 Å². The summed E-state index contributed by atoms with van der Waals surface area (Å²) in [6.45, 7) is 3.40. The maximum absolute atomic E-state index is 11.7. The third-order valence-corrected chi connectivity index (χ3v) is 4.90. The molecular weight excluding hydrogens is 278 g/mol. The smallest absolute Gasteiger partial charge is 0.220 e. The molecule has 1 atom stereocenters. The predicted octanol–water partition coefficient (Wildman–Crippen LogP) is 0.744. The minimum atomic E-state index is 0.00172. The average Bonchev–Trinajstić information content (AvgIpc) is 2.73. The van der Waals surface area contributed by atoms with E-state index in [9.17, 15) is 4.79 Å². The summed E-state index contributed by atoms with van der Waals surface area (Å²) in [5.74, 6) is 1.00. The van der Waals surface area contributed by atoms with Crippen molar-refractivity contribution >= 4 is 11.7 Å². The number of nitrogens with one attached hydrogen (secondary N) is 1. The lowest BCUT2D eigenvalue weighted by atomic mass is 9.86. The number of nitrogens with zero attached hydrogens (tertiary/aromatic N) is 4. The highest BCUT2D eigenvalue weighted by Gasteiger charge is 2.41. The van der Waals surface area contributed by atoms with Crippen LogP contribution in [-0.2, 0) is 4.79 Å². The van der Waals surface area contributed by atoms with Crippen molar-refractivity contribution in [2.45, 2.75) is 24.8 Å². The number of hydrogen-bond donors (Lipinski definition) is 1. The van der Waals surface area contributed by atoms with E-state index in [2.05, 4.69) is 33.2 Å². The van der Waals surface area contributed by atoms with Gasteiger partial charge in [0, 0.05) is 38.1 Å². The van der Waals surface area contributed by atoms with E-state index in [0.717, 1.165) is 44.8 Å². The molecule has 3 rings (SSSR count). The topological polar surface area (TPSA) is 72.3 Å². The molecule has 0 saturated carbocycles. The van der Waals surface area contributed by atoms with Crippen LogP contribution < -0.4 is 10.2 Å². The number of pyridine rings is 1. The van der Waals surface area contributed by atoms with Crippen molar-refractivity contribution in [3.63, 3.8) is 0 Å². The van der Waals surface area contributed by atoms with Gasteiger partial charge in [0.15, 0.2) is 0 Å². The van der Waals surface area contributed by atoms with Gasteiger partial charge in [0.2, 0.25) is 5.91 Å². The quantitative estimate of drug-likeness (QED) is 0.828. The number of anilines is 1. The molecule has 116 valence electrons. The molecule has 6 nitrogen and oxygen atoms in total. The number of nitriles is 1. The molecule has 3 heterocycles. The van der Waals surface area contributed by atoms with Crippen molar-refractivity contribution in [2.24, 2.45) is 0 Å². The summed E-state index contributed by atoms with van der Waals surface area (Å²) < 4.78 is 0. The number of amides is 1. The first-order chi connectivity index (χ1) is 10.6. The predicted molar refractivity (Wildman–Crippen MR) is 83.4 cm³/mol. The maximum atomic E-state index is 11.7. The molecule has 2 saturated heterocycles. The zero-order valence-electron chi connectivity index (χ0n) is 12.9. The van der Waals surface area contributed by atoms with Crippen LogP contribution in [0.3, 0.4) is 0 Å². The lowest BCUT2D eigenvalue weighted by molar-refractivity contribution is -0.120. The zero-order valence-corrected chi connectivity index (χ0v) is 12.9. The average molecular weight is 299 g/mol. The van der Waals surface area contributed by atoms with Gasteiger partial charge < -0.3 is 10.2 Å². The largest absolute Gasteiger partial charge is 0.356 e. The van der Waals surface area contributed by atoms with Crippen LogP contribution in [0, 0.1) is 11.3 Å². The van der Waals surface area contributed by atoms with Crippen LogP contribution in [0.1, 0.15) is 25.0 Å². The molecule has 0 aliphatic carbocycles. The standard InChI is InChI=1S/C16H21N5O/c1-20-9-10-21(14-4-2-3-13(11-17)19-14)12-16(20)6-5-15(22)18-8-7-16/h2-4H,5-10,12H2,1H3,(H,18,22)/t16-/m1/s1. The Morgan fingerprint density at radius 1 is 1.36 bits per heavy atom. The van der Waals surface area contributed by atoms with E-state index in [4.69, 9.17) is 5.26 Å². The first-order valence-electron chi connectivity index (χ1n) is 7.73. The molecule has 1 aromatic heterocycles. The van der Waals surface area contributed by atoms with Gasteiger partial charge in [-0.2, -0.15) is 5.26 Å². The number of carbonyl (C=O) groups is 1. The first-order valence-corrected chi connectivity index (χ1v) is 7.73. The van der Waals surface area contributed by atoms with Gasteiger partial charge in [-0.05, 0) is 32.0 Å². The van der Waals surface area contributed by atoms with Crippen LogP contribution in [0.2, 0.25) is 0 Å². The molecule has 2 aliphatic heterocycles. The fourth-order valence-corrected chi connectivity index (χ4v) is 3.45. The second kappa shape index (κ2) is 5.93. The van der Waals surface area contributed by atoms with Crippen molar-refractivity contribution in [1.82, 2.24) is 15.2 Å². The molecule has 1 N–H and O–H groups in total. The Hall–Kier alpha value is -2.13. The Kier molecular flexibility index (Phi) is 3.99. The Labute approximate surface area is 130 Å². The van der Waals surface area contributed by atoms with Gasteiger partial charge in [-0.1, -0.05) is 6.07 Å². The lowest BCUT2D eigenvalue weighted by Crippen LogP contribution is -2.61. The van der Waals surface area contributed by atoms with E-state index in [-0.39, 0.29) is 11.4 Å². The van der Waals surface area contributed by atoms with Crippen LogP contribution >= 0.6 is 0 Å². The summed E-state index contributed by atoms with van der Waals surface area (Å²) in [7, 11) is 2.15. The summed E-state index contributed by atoms with van der Waals surface area (Å²) in [4.78, 5) is 20.7. The summed E-state index contributed by atoms with van der Waals surface area (Å²) >= 11 is 0. The third-order valence-electron chi connectivity index (χ3n) is 4.90. The highest BCUT2D eigenvalue weighted by Crippen LogP contribution is 2.32. The molecule has 2 fully saturated rings. The molecule has 2 aliphatic rings. The SMILES string of the molecule is CN1CCN(c2cccc(C#N)n2)C[C@@]12CCNC(=O)CC2. The highest BCUT2D eigenvalue weighted by molar-refractivity contribution is 5.76. The molecule has 22 heavy (non-hydrogen) atoms. The molecule has 6 heteroatoms. The van der Waals surface area contributed by atoms with E-state index in [1.807, 2.05) is 12.1 Å². The minimum absolute atomic E-state index is 0.00172. The van der Waals surface area contributed by atoms with E-state index in [1.54, 1.807) is 6.07 Å². The fourth-order valence-electron chi connectivity index (χ4n) is 3.45. The van der Waals surface area contributed by atoms with Gasteiger partial charge in [-0.25, -0.2) is 4.98 Å². The van der Waals surface area contributed by atoms with E-state index < -0.39 is 0 Å². The van der Waals surface area contributed by atoms with Crippen LogP contribution in [0.4, 0.5) is 5.82 Å². The van der Waals surface area contributed by atoms with Gasteiger partial charge in [0.05, 0.1) is 0 Å². The summed E-state index contributed by atoms with van der Waals surface area (Å²) in [5.41, 5.74) is 0.449. The molecule has 1 spiro atoms. The number of likely N-dealkylation sites (N-methyl/N-ethyl adjacent to an activating group) is 1. The highest BCUT2D eigenvalue weighted by atomic mass is 16.1. The number of aromatic nitrogens is 1. The van der Waals surface area contributed by atoms with Crippen LogP contribution in [0.5, 0.6) is 0 Å². The van der Waals surface area contributed by atoms with Crippen molar-refractivity contribution in [1.29, 1.82) is 5.26 Å². The number of piperazine rings is 1. The van der Waals surface area contributed by atoms with Crippen molar-refractivity contribution in [2.75, 3.05) is 38.1 Å². The Balaban J connectivity index is 1.83. The zero-order chi connectivity index (χ0) is 15.6. The van der Waals surface area contributed by atoms with Gasteiger partial charge in [-0.15, -0.1) is 0 Å². The normalized spacial score (nSPS) is 26.4. The molecule has 1 amide bonds. The van der Waals surface area contributed by atoms with Gasteiger partial charge in [0.25, 0.3) is 0 Å². The second-order valence-corrected chi connectivity index (χ2v) is 6.16. The molecule has 1 aromatic rings. The van der Waals surface area contributed by atoms with E-state index in [0.29, 0.717) is 12.1 Å². The number of rotatable bonds is 1. The fraction of sp³-hybridized carbons (Fsp3) is 0.562.